The van der Waals surface area contributed by atoms with Crippen molar-refractivity contribution in [3.05, 3.63) is 11.4 Å². The Kier molecular flexibility index (Phi) is 3.43. The number of hydrogen-bond donors (Lipinski definition) is 0. The lowest BCUT2D eigenvalue weighted by atomic mass is 10.4. The molecule has 0 spiro atoms. The van der Waals surface area contributed by atoms with Gasteiger partial charge in [0.05, 0.1) is 17.3 Å². The molecule has 0 saturated heterocycles. The van der Waals surface area contributed by atoms with Gasteiger partial charge in [0.2, 0.25) is 5.16 Å². The molecular weight excluding hydrogens is 174 g/mol. The number of ether oxygens (including phenoxy) is 1. The Morgan fingerprint density at radius 3 is 2.58 bits per heavy atom. The summed E-state index contributed by atoms with van der Waals surface area (Å²) in [5, 5.41) is 8.51. The lowest BCUT2D eigenvalue weighted by molar-refractivity contribution is 0.258. The van der Waals surface area contributed by atoms with Crippen LogP contribution in [0.4, 0.5) is 0 Å². The predicted octanol–water partition coefficient (Wildman–Crippen LogP) is 1.18. The Bertz CT molecular complexity index is 267. The molecule has 66 valence electrons. The van der Waals surface area contributed by atoms with Gasteiger partial charge in [-0.3, -0.25) is 0 Å². The summed E-state index contributed by atoms with van der Waals surface area (Å²) in [6.07, 6.45) is 0. The van der Waals surface area contributed by atoms with Crippen molar-refractivity contribution >= 4 is 11.8 Å². The van der Waals surface area contributed by atoms with Crippen LogP contribution in [0.3, 0.4) is 0 Å². The molecule has 12 heavy (non-hydrogen) atoms. The fourth-order valence-electron chi connectivity index (χ4n) is 0.610. The highest BCUT2D eigenvalue weighted by Gasteiger charge is 2.00. The third kappa shape index (κ3) is 2.42. The minimum atomic E-state index is 0.560. The fraction of sp³-hybridized carbons (Fsp3) is 0.571. The summed E-state index contributed by atoms with van der Waals surface area (Å²) in [5.41, 5.74) is 1.79. The van der Waals surface area contributed by atoms with E-state index < -0.39 is 0 Å². The van der Waals surface area contributed by atoms with Gasteiger partial charge in [0.25, 0.3) is 0 Å². The van der Waals surface area contributed by atoms with Crippen molar-refractivity contribution in [2.24, 2.45) is 0 Å². The van der Waals surface area contributed by atoms with Crippen LogP contribution >= 0.6 is 11.8 Å². The molecule has 0 amide bonds. The van der Waals surface area contributed by atoms with E-state index >= 15 is 0 Å². The monoisotopic (exact) mass is 185 g/mol. The van der Waals surface area contributed by atoms with Crippen molar-refractivity contribution in [1.29, 1.82) is 0 Å². The number of methoxy groups -OCH3 is 1. The molecule has 1 heterocycles. The van der Waals surface area contributed by atoms with E-state index in [4.69, 9.17) is 4.74 Å². The van der Waals surface area contributed by atoms with Gasteiger partial charge in [-0.2, -0.15) is 5.10 Å². The molecule has 1 rings (SSSR count). The molecule has 0 aliphatic rings. The average Bonchev–Trinajstić information content (AvgIpc) is 2.07. The standard InChI is InChI=1S/C7H11N3OS/c1-5-6(2)9-10-7(8-5)12-4-11-3/h4H2,1-3H3. The quantitative estimate of drug-likeness (QED) is 0.523. The van der Waals surface area contributed by atoms with E-state index in [9.17, 15) is 0 Å². The maximum atomic E-state index is 4.87. The number of nitrogens with zero attached hydrogens (tertiary/aromatic N) is 3. The van der Waals surface area contributed by atoms with Crippen LogP contribution in [0.1, 0.15) is 11.4 Å². The molecular formula is C7H11N3OS. The minimum absolute atomic E-state index is 0.560. The van der Waals surface area contributed by atoms with Crippen molar-refractivity contribution in [1.82, 2.24) is 15.2 Å². The first-order valence-electron chi connectivity index (χ1n) is 3.53. The molecule has 0 aromatic carbocycles. The maximum Gasteiger partial charge on any atom is 0.211 e. The van der Waals surface area contributed by atoms with Gasteiger partial charge in [-0.15, -0.1) is 5.10 Å². The molecule has 0 fully saturated rings. The maximum absolute atomic E-state index is 4.87. The second kappa shape index (κ2) is 4.37. The minimum Gasteiger partial charge on any atom is -0.374 e. The molecule has 0 radical (unpaired) electrons. The second-order valence-electron chi connectivity index (χ2n) is 2.32. The van der Waals surface area contributed by atoms with Crippen LogP contribution in [0, 0.1) is 13.8 Å². The normalized spacial score (nSPS) is 10.2. The zero-order valence-electron chi connectivity index (χ0n) is 7.37. The number of thioether (sulfide) groups is 1. The molecule has 0 bridgehead atoms. The predicted molar refractivity (Wildman–Crippen MR) is 47.0 cm³/mol. The highest BCUT2D eigenvalue weighted by molar-refractivity contribution is 7.99. The van der Waals surface area contributed by atoms with Gasteiger partial charge in [0, 0.05) is 7.11 Å². The largest absolute Gasteiger partial charge is 0.374 e. The molecule has 0 aliphatic heterocycles. The summed E-state index contributed by atoms with van der Waals surface area (Å²) in [6.45, 7) is 3.81. The van der Waals surface area contributed by atoms with Crippen LogP contribution in [-0.4, -0.2) is 28.2 Å². The summed E-state index contributed by atoms with van der Waals surface area (Å²) in [5.74, 6) is 0.560. The molecule has 0 unspecified atom stereocenters. The van der Waals surface area contributed by atoms with Crippen molar-refractivity contribution in [3.8, 4) is 0 Å². The zero-order valence-corrected chi connectivity index (χ0v) is 8.18. The molecule has 0 aliphatic carbocycles. The van der Waals surface area contributed by atoms with Crippen LogP contribution < -0.4 is 0 Å². The third-order valence-electron chi connectivity index (χ3n) is 1.38. The van der Waals surface area contributed by atoms with E-state index in [-0.39, 0.29) is 0 Å². The number of aryl methyl sites for hydroxylation is 2. The van der Waals surface area contributed by atoms with Crippen LogP contribution in [0.2, 0.25) is 0 Å². The Morgan fingerprint density at radius 1 is 1.25 bits per heavy atom. The van der Waals surface area contributed by atoms with E-state index in [2.05, 4.69) is 15.2 Å². The molecule has 4 nitrogen and oxygen atoms in total. The topological polar surface area (TPSA) is 47.9 Å². The Hall–Kier alpha value is -0.680. The lowest BCUT2D eigenvalue weighted by Crippen LogP contribution is -1.98. The number of rotatable bonds is 3. The van der Waals surface area contributed by atoms with Gasteiger partial charge in [-0.05, 0) is 13.8 Å². The van der Waals surface area contributed by atoms with Gasteiger partial charge >= 0.3 is 0 Å². The van der Waals surface area contributed by atoms with E-state index in [0.29, 0.717) is 11.1 Å². The van der Waals surface area contributed by atoms with Crippen LogP contribution in [-0.2, 0) is 4.74 Å². The van der Waals surface area contributed by atoms with Gasteiger partial charge in [-0.25, -0.2) is 4.98 Å². The van der Waals surface area contributed by atoms with Crippen molar-refractivity contribution in [3.63, 3.8) is 0 Å². The van der Waals surface area contributed by atoms with Crippen molar-refractivity contribution < 1.29 is 4.74 Å². The summed E-state index contributed by atoms with van der Waals surface area (Å²) >= 11 is 1.44. The summed E-state index contributed by atoms with van der Waals surface area (Å²) in [4.78, 5) is 4.22. The van der Waals surface area contributed by atoms with Crippen LogP contribution in [0.25, 0.3) is 0 Å². The highest BCUT2D eigenvalue weighted by atomic mass is 32.2. The first-order chi connectivity index (χ1) is 5.74. The third-order valence-corrected chi connectivity index (χ3v) is 2.16. The van der Waals surface area contributed by atoms with Gasteiger partial charge < -0.3 is 4.74 Å². The van der Waals surface area contributed by atoms with Crippen molar-refractivity contribution in [2.75, 3.05) is 13.0 Å². The highest BCUT2D eigenvalue weighted by Crippen LogP contribution is 2.11. The Balaban J connectivity index is 2.69. The number of hydrogen-bond acceptors (Lipinski definition) is 5. The number of aromatic nitrogens is 3. The smallest absolute Gasteiger partial charge is 0.211 e. The lowest BCUT2D eigenvalue weighted by Gasteiger charge is -2.00. The van der Waals surface area contributed by atoms with Crippen LogP contribution in [0.15, 0.2) is 5.16 Å². The summed E-state index contributed by atoms with van der Waals surface area (Å²) in [7, 11) is 1.64. The Labute approximate surface area is 75.8 Å². The summed E-state index contributed by atoms with van der Waals surface area (Å²) < 4.78 is 4.87. The molecule has 1 aromatic heterocycles. The molecule has 1 aromatic rings. The zero-order chi connectivity index (χ0) is 8.97. The van der Waals surface area contributed by atoms with E-state index in [1.165, 1.54) is 11.8 Å². The summed E-state index contributed by atoms with van der Waals surface area (Å²) in [6, 6.07) is 0. The van der Waals surface area contributed by atoms with Gasteiger partial charge in [0.1, 0.15) is 0 Å². The first kappa shape index (κ1) is 9.41. The first-order valence-corrected chi connectivity index (χ1v) is 4.52. The molecule has 5 heteroatoms. The van der Waals surface area contributed by atoms with E-state index in [1.54, 1.807) is 7.11 Å². The second-order valence-corrected chi connectivity index (χ2v) is 3.21. The molecule has 0 atom stereocenters. The van der Waals surface area contributed by atoms with Gasteiger partial charge in [0.15, 0.2) is 0 Å². The average molecular weight is 185 g/mol. The fourth-order valence-corrected chi connectivity index (χ4v) is 1.13. The van der Waals surface area contributed by atoms with E-state index in [1.807, 2.05) is 13.8 Å². The SMILES string of the molecule is COCSc1nnc(C)c(C)n1. The molecule has 0 saturated carbocycles. The van der Waals surface area contributed by atoms with Gasteiger partial charge in [-0.1, -0.05) is 11.8 Å². The van der Waals surface area contributed by atoms with Crippen LogP contribution in [0.5, 0.6) is 0 Å². The Morgan fingerprint density at radius 2 is 2.00 bits per heavy atom. The van der Waals surface area contributed by atoms with Crippen molar-refractivity contribution in [2.45, 2.75) is 19.0 Å². The van der Waals surface area contributed by atoms with E-state index in [0.717, 1.165) is 11.4 Å². The molecule has 0 N–H and O–H groups in total.